The van der Waals surface area contributed by atoms with Crippen LogP contribution in [-0.2, 0) is 9.47 Å². The Balaban J connectivity index is 2.41. The molecule has 0 bridgehead atoms. The molecule has 0 saturated carbocycles. The van der Waals surface area contributed by atoms with Crippen LogP contribution in [0.5, 0.6) is 0 Å². The van der Waals surface area contributed by atoms with Crippen molar-refractivity contribution in [2.24, 2.45) is 0 Å². The van der Waals surface area contributed by atoms with Gasteiger partial charge in [0.25, 0.3) is 0 Å². The quantitative estimate of drug-likeness (QED) is 0.514. The molecule has 0 aliphatic carbocycles. The van der Waals surface area contributed by atoms with Crippen molar-refractivity contribution in [1.29, 1.82) is 0 Å². The van der Waals surface area contributed by atoms with Gasteiger partial charge in [-0.1, -0.05) is 30.3 Å². The minimum absolute atomic E-state index is 0.134. The number of hydrogen-bond donors (Lipinski definition) is 0. The number of carbonyl (C=O) groups is 1. The molecule has 0 spiro atoms. The van der Waals surface area contributed by atoms with Crippen LogP contribution in [0.2, 0.25) is 0 Å². The number of hydrogen-bond acceptors (Lipinski definition) is 3. The van der Waals surface area contributed by atoms with E-state index in [1.165, 1.54) is 0 Å². The van der Waals surface area contributed by atoms with Gasteiger partial charge in [-0.2, -0.15) is 0 Å². The number of Topliss-reactive ketones (excluding diaryl/α,β-unsaturated/α-hetero) is 1. The standard InChI is InChI=1S/C14H20O3/c1-3-16-14(17-4-2)11-10-13(15)12-8-6-5-7-9-12/h5-9,14H,3-4,10-11H2,1-2H3. The Morgan fingerprint density at radius 2 is 1.71 bits per heavy atom. The van der Waals surface area contributed by atoms with Crippen LogP contribution in [0.25, 0.3) is 0 Å². The van der Waals surface area contributed by atoms with Crippen molar-refractivity contribution in [3.8, 4) is 0 Å². The predicted octanol–water partition coefficient (Wildman–Crippen LogP) is 3.05. The molecule has 1 aromatic rings. The number of carbonyl (C=O) groups excluding carboxylic acids is 1. The van der Waals surface area contributed by atoms with E-state index in [2.05, 4.69) is 0 Å². The maximum Gasteiger partial charge on any atom is 0.163 e. The Morgan fingerprint density at radius 3 is 2.24 bits per heavy atom. The summed E-state index contributed by atoms with van der Waals surface area (Å²) < 4.78 is 10.8. The number of rotatable bonds is 8. The molecule has 0 amide bonds. The van der Waals surface area contributed by atoms with E-state index < -0.39 is 0 Å². The Labute approximate surface area is 103 Å². The smallest absolute Gasteiger partial charge is 0.163 e. The minimum Gasteiger partial charge on any atom is -0.353 e. The Morgan fingerprint density at radius 1 is 1.12 bits per heavy atom. The summed E-state index contributed by atoms with van der Waals surface area (Å²) in [5.41, 5.74) is 0.749. The van der Waals surface area contributed by atoms with Gasteiger partial charge in [0.05, 0.1) is 0 Å². The molecule has 3 heteroatoms. The second-order valence-electron chi connectivity index (χ2n) is 3.67. The molecule has 94 valence electrons. The van der Waals surface area contributed by atoms with Crippen molar-refractivity contribution in [2.45, 2.75) is 33.0 Å². The molecule has 17 heavy (non-hydrogen) atoms. The highest BCUT2D eigenvalue weighted by Crippen LogP contribution is 2.10. The summed E-state index contributed by atoms with van der Waals surface area (Å²) in [6.45, 7) is 5.05. The first-order valence-electron chi connectivity index (χ1n) is 6.09. The zero-order valence-corrected chi connectivity index (χ0v) is 10.5. The van der Waals surface area contributed by atoms with Gasteiger partial charge in [0.2, 0.25) is 0 Å². The molecule has 0 radical (unpaired) electrons. The monoisotopic (exact) mass is 236 g/mol. The van der Waals surface area contributed by atoms with E-state index in [9.17, 15) is 4.79 Å². The number of benzene rings is 1. The van der Waals surface area contributed by atoms with Crippen molar-refractivity contribution in [2.75, 3.05) is 13.2 Å². The fraction of sp³-hybridized carbons (Fsp3) is 0.500. The highest BCUT2D eigenvalue weighted by atomic mass is 16.7. The van der Waals surface area contributed by atoms with Crippen LogP contribution < -0.4 is 0 Å². The van der Waals surface area contributed by atoms with Crippen LogP contribution in [0, 0.1) is 0 Å². The molecule has 0 atom stereocenters. The molecule has 0 fully saturated rings. The fourth-order valence-corrected chi connectivity index (χ4v) is 1.60. The van der Waals surface area contributed by atoms with Gasteiger partial charge < -0.3 is 9.47 Å². The van der Waals surface area contributed by atoms with E-state index in [0.29, 0.717) is 26.1 Å². The van der Waals surface area contributed by atoms with E-state index in [0.717, 1.165) is 5.56 Å². The predicted molar refractivity (Wildman–Crippen MR) is 67.0 cm³/mol. The summed E-state index contributed by atoms with van der Waals surface area (Å²) in [6.07, 6.45) is 0.794. The van der Waals surface area contributed by atoms with E-state index in [1.54, 1.807) is 0 Å². The Bertz CT molecular complexity index is 315. The van der Waals surface area contributed by atoms with Crippen molar-refractivity contribution in [3.05, 3.63) is 35.9 Å². The molecular weight excluding hydrogens is 216 g/mol. The molecule has 0 N–H and O–H groups in total. The molecule has 0 saturated heterocycles. The van der Waals surface area contributed by atoms with E-state index in [4.69, 9.17) is 9.47 Å². The maximum absolute atomic E-state index is 11.8. The Kier molecular flexibility index (Phi) is 6.51. The topological polar surface area (TPSA) is 35.5 Å². The van der Waals surface area contributed by atoms with Gasteiger partial charge in [-0.05, 0) is 13.8 Å². The second kappa shape index (κ2) is 7.98. The van der Waals surface area contributed by atoms with Gasteiger partial charge in [-0.3, -0.25) is 4.79 Å². The van der Waals surface area contributed by atoms with Crippen LogP contribution in [0.3, 0.4) is 0 Å². The number of ketones is 1. The van der Waals surface area contributed by atoms with Gasteiger partial charge in [0.1, 0.15) is 0 Å². The summed E-state index contributed by atoms with van der Waals surface area (Å²) in [5, 5.41) is 0. The third kappa shape index (κ3) is 5.11. The lowest BCUT2D eigenvalue weighted by Gasteiger charge is -2.16. The lowest BCUT2D eigenvalue weighted by molar-refractivity contribution is -0.138. The van der Waals surface area contributed by atoms with Gasteiger partial charge in [0.15, 0.2) is 12.1 Å². The first-order valence-corrected chi connectivity index (χ1v) is 6.09. The summed E-state index contributed by atoms with van der Waals surface area (Å²) in [6, 6.07) is 9.31. The van der Waals surface area contributed by atoms with Gasteiger partial charge >= 0.3 is 0 Å². The van der Waals surface area contributed by atoms with Crippen molar-refractivity contribution in [3.63, 3.8) is 0 Å². The normalized spacial score (nSPS) is 10.8. The van der Waals surface area contributed by atoms with Crippen LogP contribution in [-0.4, -0.2) is 25.3 Å². The van der Waals surface area contributed by atoms with Crippen LogP contribution >= 0.6 is 0 Å². The van der Waals surface area contributed by atoms with Crippen LogP contribution in [0.1, 0.15) is 37.0 Å². The molecule has 0 aliphatic heterocycles. The van der Waals surface area contributed by atoms with Crippen molar-refractivity contribution in [1.82, 2.24) is 0 Å². The Hall–Kier alpha value is -1.19. The molecule has 1 rings (SSSR count). The molecule has 3 nitrogen and oxygen atoms in total. The van der Waals surface area contributed by atoms with Crippen LogP contribution in [0.4, 0.5) is 0 Å². The minimum atomic E-state index is -0.266. The SMILES string of the molecule is CCOC(CCC(=O)c1ccccc1)OCC. The third-order valence-corrected chi connectivity index (χ3v) is 2.41. The van der Waals surface area contributed by atoms with E-state index in [1.807, 2.05) is 44.2 Å². The van der Waals surface area contributed by atoms with Crippen LogP contribution in [0.15, 0.2) is 30.3 Å². The first-order chi connectivity index (χ1) is 8.27. The summed E-state index contributed by atoms with van der Waals surface area (Å²) in [5.74, 6) is 0.134. The maximum atomic E-state index is 11.8. The molecule has 0 aliphatic rings. The van der Waals surface area contributed by atoms with E-state index >= 15 is 0 Å². The summed E-state index contributed by atoms with van der Waals surface area (Å²) >= 11 is 0. The average molecular weight is 236 g/mol. The molecular formula is C14H20O3. The lowest BCUT2D eigenvalue weighted by Crippen LogP contribution is -2.18. The summed E-state index contributed by atoms with van der Waals surface area (Å²) in [4.78, 5) is 11.8. The first kappa shape index (κ1) is 13.9. The molecule has 0 unspecified atom stereocenters. The fourth-order valence-electron chi connectivity index (χ4n) is 1.60. The van der Waals surface area contributed by atoms with Gasteiger partial charge in [0, 0.05) is 31.6 Å². The number of ether oxygens (including phenoxy) is 2. The molecule has 1 aromatic carbocycles. The zero-order valence-electron chi connectivity index (χ0n) is 10.5. The average Bonchev–Trinajstić information content (AvgIpc) is 2.37. The highest BCUT2D eigenvalue weighted by Gasteiger charge is 2.12. The van der Waals surface area contributed by atoms with Gasteiger partial charge in [-0.15, -0.1) is 0 Å². The third-order valence-electron chi connectivity index (χ3n) is 2.41. The van der Waals surface area contributed by atoms with Crippen molar-refractivity contribution < 1.29 is 14.3 Å². The summed E-state index contributed by atoms with van der Waals surface area (Å²) in [7, 11) is 0. The second-order valence-corrected chi connectivity index (χ2v) is 3.67. The largest absolute Gasteiger partial charge is 0.353 e. The van der Waals surface area contributed by atoms with Gasteiger partial charge in [-0.25, -0.2) is 0 Å². The highest BCUT2D eigenvalue weighted by molar-refractivity contribution is 5.95. The zero-order chi connectivity index (χ0) is 12.5. The lowest BCUT2D eigenvalue weighted by atomic mass is 10.1. The molecule has 0 aromatic heterocycles. The molecule has 0 heterocycles. The van der Waals surface area contributed by atoms with Crippen molar-refractivity contribution >= 4 is 5.78 Å². The van der Waals surface area contributed by atoms with E-state index in [-0.39, 0.29) is 12.1 Å².